The van der Waals surface area contributed by atoms with Gasteiger partial charge < -0.3 is 4.90 Å². The number of hydrogen-bond donors (Lipinski definition) is 2. The van der Waals surface area contributed by atoms with Crippen molar-refractivity contribution in [2.45, 2.75) is 13.0 Å². The normalized spacial score (nSPS) is 13.7. The van der Waals surface area contributed by atoms with E-state index in [9.17, 15) is 14.0 Å². The molecule has 30 heavy (non-hydrogen) atoms. The first-order valence-electron chi connectivity index (χ1n) is 9.43. The fourth-order valence-corrected chi connectivity index (χ4v) is 4.54. The van der Waals surface area contributed by atoms with Crippen LogP contribution in [0, 0.1) is 5.82 Å². The number of carbonyl (C=O) groups excluding carboxylic acids is 2. The lowest BCUT2D eigenvalue weighted by molar-refractivity contribution is -0.125. The molecule has 2 amide bonds. The molecule has 5 nitrogen and oxygen atoms in total. The molecular weight excluding hydrogens is 403 g/mol. The third kappa shape index (κ3) is 4.17. The van der Waals surface area contributed by atoms with Gasteiger partial charge in [-0.2, -0.15) is 0 Å². The van der Waals surface area contributed by atoms with E-state index in [1.54, 1.807) is 34.7 Å². The number of fused-ring (bicyclic) bond motifs is 1. The number of hydroxylamine groups is 1. The molecule has 1 aliphatic heterocycles. The third-order valence-electron chi connectivity index (χ3n) is 4.96. The summed E-state index contributed by atoms with van der Waals surface area (Å²) >= 11 is 1.32. The zero-order valence-electron chi connectivity index (χ0n) is 16.0. The summed E-state index contributed by atoms with van der Waals surface area (Å²) in [4.78, 5) is 28.3. The lowest BCUT2D eigenvalue weighted by atomic mass is 9.99. The Labute approximate surface area is 177 Å². The molecule has 2 aromatic carbocycles. The Hall–Kier alpha value is -3.29. The van der Waals surface area contributed by atoms with Crippen LogP contribution in [-0.4, -0.2) is 28.5 Å². The predicted molar refractivity (Wildman–Crippen MR) is 113 cm³/mol. The van der Waals surface area contributed by atoms with Crippen LogP contribution in [0.15, 0.2) is 60.7 Å². The standard InChI is InChI=1S/C23H19FN2O3S/c24-18-8-4-7-16(12-18)19(11-15-5-2-1-3-6-15)23(28)26-10-9-20-17(14-26)13-21(30-20)22(27)25-29/h1-8,11-13,29H,9-10,14H2,(H,25,27)/b19-11-. The van der Waals surface area contributed by atoms with Crippen LogP contribution >= 0.6 is 11.3 Å². The Morgan fingerprint density at radius 3 is 2.63 bits per heavy atom. The van der Waals surface area contributed by atoms with E-state index in [4.69, 9.17) is 5.21 Å². The number of nitrogens with zero attached hydrogens (tertiary/aromatic N) is 1. The second-order valence-corrected chi connectivity index (χ2v) is 8.09. The minimum Gasteiger partial charge on any atom is -0.334 e. The number of benzene rings is 2. The highest BCUT2D eigenvalue weighted by Crippen LogP contribution is 2.30. The molecule has 7 heteroatoms. The van der Waals surface area contributed by atoms with Gasteiger partial charge in [-0.15, -0.1) is 11.3 Å². The number of halogens is 1. The number of rotatable bonds is 4. The minimum atomic E-state index is -0.559. The molecule has 0 bridgehead atoms. The van der Waals surface area contributed by atoms with Crippen molar-refractivity contribution in [1.82, 2.24) is 10.4 Å². The van der Waals surface area contributed by atoms with E-state index in [-0.39, 0.29) is 5.91 Å². The second-order valence-electron chi connectivity index (χ2n) is 6.96. The summed E-state index contributed by atoms with van der Waals surface area (Å²) < 4.78 is 13.9. The number of nitrogens with one attached hydrogen (secondary N) is 1. The van der Waals surface area contributed by atoms with Crippen molar-refractivity contribution in [3.8, 4) is 0 Å². The van der Waals surface area contributed by atoms with E-state index in [0.29, 0.717) is 35.5 Å². The summed E-state index contributed by atoms with van der Waals surface area (Å²) in [6, 6.07) is 17.1. The molecule has 1 aliphatic rings. The monoisotopic (exact) mass is 422 g/mol. The van der Waals surface area contributed by atoms with Crippen molar-refractivity contribution >= 4 is 34.8 Å². The molecule has 2 heterocycles. The molecule has 0 unspecified atom stereocenters. The van der Waals surface area contributed by atoms with Crippen molar-refractivity contribution in [1.29, 1.82) is 0 Å². The van der Waals surface area contributed by atoms with E-state index < -0.39 is 11.7 Å². The molecular formula is C23H19FN2O3S. The minimum absolute atomic E-state index is 0.200. The van der Waals surface area contributed by atoms with Gasteiger partial charge in [0.1, 0.15) is 5.82 Å². The molecule has 0 aliphatic carbocycles. The average Bonchev–Trinajstić information content (AvgIpc) is 3.20. The van der Waals surface area contributed by atoms with Crippen LogP contribution in [0.25, 0.3) is 11.6 Å². The molecule has 0 saturated carbocycles. The Kier molecular flexibility index (Phi) is 5.74. The molecule has 0 radical (unpaired) electrons. The van der Waals surface area contributed by atoms with Gasteiger partial charge in [0.15, 0.2) is 0 Å². The maximum absolute atomic E-state index is 13.9. The van der Waals surface area contributed by atoms with Crippen molar-refractivity contribution in [2.75, 3.05) is 6.54 Å². The van der Waals surface area contributed by atoms with Gasteiger partial charge in [0.25, 0.3) is 11.8 Å². The molecule has 0 fully saturated rings. The molecule has 1 aromatic heterocycles. The van der Waals surface area contributed by atoms with Gasteiger partial charge in [0.2, 0.25) is 0 Å². The summed E-state index contributed by atoms with van der Waals surface area (Å²) in [6.07, 6.45) is 2.39. The highest BCUT2D eigenvalue weighted by atomic mass is 32.1. The maximum Gasteiger partial charge on any atom is 0.284 e. The molecule has 0 saturated heterocycles. The Morgan fingerprint density at radius 1 is 1.10 bits per heavy atom. The van der Waals surface area contributed by atoms with Gasteiger partial charge in [-0.05, 0) is 47.4 Å². The molecule has 0 spiro atoms. The fourth-order valence-electron chi connectivity index (χ4n) is 3.48. The first-order chi connectivity index (χ1) is 14.5. The molecule has 4 rings (SSSR count). The van der Waals surface area contributed by atoms with Gasteiger partial charge >= 0.3 is 0 Å². The first kappa shape index (κ1) is 20.0. The van der Waals surface area contributed by atoms with Crippen molar-refractivity contribution in [3.63, 3.8) is 0 Å². The van der Waals surface area contributed by atoms with E-state index in [2.05, 4.69) is 0 Å². The average molecular weight is 422 g/mol. The summed E-state index contributed by atoms with van der Waals surface area (Å²) in [5.41, 5.74) is 4.30. The number of hydrogen-bond acceptors (Lipinski definition) is 4. The van der Waals surface area contributed by atoms with Gasteiger partial charge in [0.05, 0.1) is 4.88 Å². The molecule has 2 N–H and O–H groups in total. The van der Waals surface area contributed by atoms with Crippen LogP contribution in [0.1, 0.15) is 31.2 Å². The Bertz CT molecular complexity index is 1120. The zero-order valence-corrected chi connectivity index (χ0v) is 16.8. The van der Waals surface area contributed by atoms with Crippen molar-refractivity contribution < 1.29 is 19.2 Å². The van der Waals surface area contributed by atoms with Crippen molar-refractivity contribution in [3.05, 3.63) is 92.9 Å². The topological polar surface area (TPSA) is 69.6 Å². The van der Waals surface area contributed by atoms with Gasteiger partial charge in [0, 0.05) is 23.5 Å². The number of carbonyl (C=O) groups is 2. The summed E-state index contributed by atoms with van der Waals surface area (Å²) in [5.74, 6) is -1.16. The highest BCUT2D eigenvalue weighted by molar-refractivity contribution is 7.14. The predicted octanol–water partition coefficient (Wildman–Crippen LogP) is 4.13. The highest BCUT2D eigenvalue weighted by Gasteiger charge is 2.27. The largest absolute Gasteiger partial charge is 0.334 e. The second kappa shape index (κ2) is 8.61. The van der Waals surface area contributed by atoms with Crippen molar-refractivity contribution in [2.24, 2.45) is 0 Å². The van der Waals surface area contributed by atoms with Crippen LogP contribution in [0.2, 0.25) is 0 Å². The summed E-state index contributed by atoms with van der Waals surface area (Å²) in [7, 11) is 0. The third-order valence-corrected chi connectivity index (χ3v) is 6.19. The SMILES string of the molecule is O=C(NO)c1cc2c(s1)CCN(C(=O)/C(=C\c1ccccc1)c1cccc(F)c1)C2. The first-order valence-corrected chi connectivity index (χ1v) is 10.2. The van der Waals surface area contributed by atoms with Crippen LogP contribution < -0.4 is 5.48 Å². The van der Waals surface area contributed by atoms with Crippen LogP contribution in [0.3, 0.4) is 0 Å². The van der Waals surface area contributed by atoms with E-state index >= 15 is 0 Å². The Balaban J connectivity index is 1.66. The van der Waals surface area contributed by atoms with Gasteiger partial charge in [-0.25, -0.2) is 9.87 Å². The number of amides is 2. The zero-order chi connectivity index (χ0) is 21.1. The van der Waals surface area contributed by atoms with E-state index in [1.807, 2.05) is 30.3 Å². The van der Waals surface area contributed by atoms with Gasteiger partial charge in [-0.3, -0.25) is 14.8 Å². The Morgan fingerprint density at radius 2 is 1.90 bits per heavy atom. The van der Waals surface area contributed by atoms with Crippen LogP contribution in [0.4, 0.5) is 4.39 Å². The molecule has 3 aromatic rings. The van der Waals surface area contributed by atoms with Crippen LogP contribution in [-0.2, 0) is 17.8 Å². The summed E-state index contributed by atoms with van der Waals surface area (Å²) in [5, 5.41) is 8.86. The molecule has 152 valence electrons. The summed E-state index contributed by atoms with van der Waals surface area (Å²) in [6.45, 7) is 0.846. The van der Waals surface area contributed by atoms with Gasteiger partial charge in [-0.1, -0.05) is 42.5 Å². The maximum atomic E-state index is 13.9. The smallest absolute Gasteiger partial charge is 0.284 e. The fraction of sp³-hybridized carbons (Fsp3) is 0.130. The lowest BCUT2D eigenvalue weighted by Gasteiger charge is -2.28. The van der Waals surface area contributed by atoms with E-state index in [1.165, 1.54) is 23.5 Å². The number of thiophene rings is 1. The van der Waals surface area contributed by atoms with Crippen LogP contribution in [0.5, 0.6) is 0 Å². The molecule has 0 atom stereocenters. The lowest BCUT2D eigenvalue weighted by Crippen LogP contribution is -2.35. The van der Waals surface area contributed by atoms with E-state index in [0.717, 1.165) is 16.0 Å². The quantitative estimate of drug-likeness (QED) is 0.287.